The van der Waals surface area contributed by atoms with Crippen LogP contribution in [-0.2, 0) is 11.2 Å². The summed E-state index contributed by atoms with van der Waals surface area (Å²) in [6.07, 6.45) is 7.35. The van der Waals surface area contributed by atoms with Crippen molar-refractivity contribution in [2.24, 2.45) is 0 Å². The van der Waals surface area contributed by atoms with Crippen LogP contribution in [0.1, 0.15) is 63.1 Å². The predicted octanol–water partition coefficient (Wildman–Crippen LogP) is 4.00. The highest BCUT2D eigenvalue weighted by Crippen LogP contribution is 2.42. The molecule has 2 unspecified atom stereocenters. The van der Waals surface area contributed by atoms with Crippen LogP contribution in [0.15, 0.2) is 24.3 Å². The van der Waals surface area contributed by atoms with Crippen LogP contribution in [-0.4, -0.2) is 18.2 Å². The van der Waals surface area contributed by atoms with Gasteiger partial charge in [-0.2, -0.15) is 0 Å². The molecule has 3 rings (SSSR count). The van der Waals surface area contributed by atoms with E-state index in [1.807, 2.05) is 0 Å². The monoisotopic (exact) mass is 273 g/mol. The molecular weight excluding hydrogens is 246 g/mol. The highest BCUT2D eigenvalue weighted by molar-refractivity contribution is 5.24. The van der Waals surface area contributed by atoms with Crippen molar-refractivity contribution in [2.75, 3.05) is 6.61 Å². The number of ether oxygens (including phenoxy) is 1. The van der Waals surface area contributed by atoms with Gasteiger partial charge in [0.15, 0.2) is 0 Å². The highest BCUT2D eigenvalue weighted by Gasteiger charge is 2.42. The summed E-state index contributed by atoms with van der Waals surface area (Å²) < 4.78 is 6.01. The number of hydrogen-bond acceptors (Lipinski definition) is 2. The average molecular weight is 273 g/mol. The molecule has 20 heavy (non-hydrogen) atoms. The lowest BCUT2D eigenvalue weighted by molar-refractivity contribution is -0.136. The molecule has 1 saturated carbocycles. The lowest BCUT2D eigenvalue weighted by atomic mass is 9.74. The van der Waals surface area contributed by atoms with Crippen LogP contribution in [0.4, 0.5) is 0 Å². The zero-order valence-electron chi connectivity index (χ0n) is 12.8. The Kier molecular flexibility index (Phi) is 4.13. The molecule has 2 nitrogen and oxygen atoms in total. The lowest BCUT2D eigenvalue weighted by Crippen LogP contribution is -2.51. The SMILES string of the molecule is CCc1ccc(C(C)NC2CCOC3(CCC3)C2)cc1. The summed E-state index contributed by atoms with van der Waals surface area (Å²) in [5.74, 6) is 0. The summed E-state index contributed by atoms with van der Waals surface area (Å²) in [5.41, 5.74) is 3.05. The van der Waals surface area contributed by atoms with E-state index in [0.29, 0.717) is 12.1 Å². The van der Waals surface area contributed by atoms with Crippen LogP contribution in [0, 0.1) is 0 Å². The molecule has 0 aromatic heterocycles. The van der Waals surface area contributed by atoms with Crippen molar-refractivity contribution in [1.82, 2.24) is 5.32 Å². The van der Waals surface area contributed by atoms with Crippen LogP contribution >= 0.6 is 0 Å². The molecule has 1 aromatic carbocycles. The zero-order chi connectivity index (χ0) is 14.0. The number of aryl methyl sites for hydroxylation is 1. The minimum absolute atomic E-state index is 0.238. The molecule has 2 atom stereocenters. The Morgan fingerprint density at radius 1 is 1.30 bits per heavy atom. The third-order valence-corrected chi connectivity index (χ3v) is 5.13. The van der Waals surface area contributed by atoms with Gasteiger partial charge in [0.2, 0.25) is 0 Å². The van der Waals surface area contributed by atoms with E-state index >= 15 is 0 Å². The van der Waals surface area contributed by atoms with E-state index in [1.54, 1.807) is 0 Å². The van der Waals surface area contributed by atoms with E-state index in [4.69, 9.17) is 4.74 Å². The van der Waals surface area contributed by atoms with Crippen LogP contribution < -0.4 is 5.32 Å². The fraction of sp³-hybridized carbons (Fsp3) is 0.667. The summed E-state index contributed by atoms with van der Waals surface area (Å²) in [4.78, 5) is 0. The molecule has 1 aliphatic heterocycles. The van der Waals surface area contributed by atoms with Crippen molar-refractivity contribution in [1.29, 1.82) is 0 Å². The van der Waals surface area contributed by atoms with Gasteiger partial charge in [0, 0.05) is 18.7 Å². The molecule has 2 heteroatoms. The molecule has 0 amide bonds. The number of rotatable bonds is 4. The highest BCUT2D eigenvalue weighted by atomic mass is 16.5. The minimum Gasteiger partial charge on any atom is -0.375 e. The smallest absolute Gasteiger partial charge is 0.0697 e. The summed E-state index contributed by atoms with van der Waals surface area (Å²) in [6.45, 7) is 5.42. The maximum Gasteiger partial charge on any atom is 0.0697 e. The molecule has 0 bridgehead atoms. The van der Waals surface area contributed by atoms with Crippen LogP contribution in [0.25, 0.3) is 0 Å². The van der Waals surface area contributed by atoms with E-state index < -0.39 is 0 Å². The van der Waals surface area contributed by atoms with Crippen LogP contribution in [0.2, 0.25) is 0 Å². The topological polar surface area (TPSA) is 21.3 Å². The molecule has 1 heterocycles. The minimum atomic E-state index is 0.238. The first-order valence-electron chi connectivity index (χ1n) is 8.20. The first kappa shape index (κ1) is 14.1. The van der Waals surface area contributed by atoms with Crippen molar-refractivity contribution in [3.63, 3.8) is 0 Å². The maximum absolute atomic E-state index is 6.01. The fourth-order valence-corrected chi connectivity index (χ4v) is 3.58. The Hall–Kier alpha value is -0.860. The third kappa shape index (κ3) is 2.91. The Balaban J connectivity index is 1.58. The van der Waals surface area contributed by atoms with E-state index in [2.05, 4.69) is 43.4 Å². The van der Waals surface area contributed by atoms with Gasteiger partial charge >= 0.3 is 0 Å². The number of nitrogens with one attached hydrogen (secondary N) is 1. The standard InChI is InChI=1S/C18H27NO/c1-3-15-5-7-16(8-6-15)14(2)19-17-9-12-20-18(13-17)10-4-11-18/h5-8,14,17,19H,3-4,9-13H2,1-2H3. The second kappa shape index (κ2) is 5.87. The van der Waals surface area contributed by atoms with Gasteiger partial charge in [-0.3, -0.25) is 0 Å². The molecule has 110 valence electrons. The van der Waals surface area contributed by atoms with Gasteiger partial charge in [-0.05, 0) is 56.6 Å². The number of hydrogen-bond donors (Lipinski definition) is 1. The van der Waals surface area contributed by atoms with Crippen molar-refractivity contribution < 1.29 is 4.74 Å². The predicted molar refractivity (Wildman–Crippen MR) is 82.9 cm³/mol. The maximum atomic E-state index is 6.01. The van der Waals surface area contributed by atoms with Gasteiger partial charge < -0.3 is 10.1 Å². The molecule has 1 aromatic rings. The molecule has 1 N–H and O–H groups in total. The summed E-state index contributed by atoms with van der Waals surface area (Å²) in [6, 6.07) is 10.1. The van der Waals surface area contributed by atoms with Crippen molar-refractivity contribution >= 4 is 0 Å². The van der Waals surface area contributed by atoms with Gasteiger partial charge in [0.1, 0.15) is 0 Å². The molecule has 2 fully saturated rings. The number of benzene rings is 1. The van der Waals surface area contributed by atoms with Gasteiger partial charge in [0.05, 0.1) is 5.60 Å². The molecule has 2 aliphatic rings. The van der Waals surface area contributed by atoms with Gasteiger partial charge in [-0.25, -0.2) is 0 Å². The van der Waals surface area contributed by atoms with Gasteiger partial charge in [-0.1, -0.05) is 31.2 Å². The molecule has 1 spiro atoms. The molecule has 0 radical (unpaired) electrons. The zero-order valence-corrected chi connectivity index (χ0v) is 12.8. The summed E-state index contributed by atoms with van der Waals surface area (Å²) in [7, 11) is 0. The third-order valence-electron chi connectivity index (χ3n) is 5.13. The Morgan fingerprint density at radius 3 is 2.65 bits per heavy atom. The molecule has 1 aliphatic carbocycles. The van der Waals surface area contributed by atoms with E-state index in [9.17, 15) is 0 Å². The fourth-order valence-electron chi connectivity index (χ4n) is 3.58. The second-order valence-corrected chi connectivity index (χ2v) is 6.56. The lowest BCUT2D eigenvalue weighted by Gasteiger charge is -2.47. The van der Waals surface area contributed by atoms with Crippen molar-refractivity contribution in [3.8, 4) is 0 Å². The second-order valence-electron chi connectivity index (χ2n) is 6.56. The van der Waals surface area contributed by atoms with Crippen molar-refractivity contribution in [2.45, 2.75) is 70.1 Å². The average Bonchev–Trinajstić information content (AvgIpc) is 2.46. The van der Waals surface area contributed by atoms with Crippen LogP contribution in [0.5, 0.6) is 0 Å². The van der Waals surface area contributed by atoms with E-state index in [1.165, 1.54) is 36.8 Å². The Morgan fingerprint density at radius 2 is 2.05 bits per heavy atom. The van der Waals surface area contributed by atoms with Crippen LogP contribution in [0.3, 0.4) is 0 Å². The normalized spacial score (nSPS) is 26.2. The van der Waals surface area contributed by atoms with Crippen molar-refractivity contribution in [3.05, 3.63) is 35.4 Å². The van der Waals surface area contributed by atoms with Gasteiger partial charge in [-0.15, -0.1) is 0 Å². The molecular formula is C18H27NO. The largest absolute Gasteiger partial charge is 0.375 e. The first-order chi connectivity index (χ1) is 9.71. The first-order valence-corrected chi connectivity index (χ1v) is 8.20. The molecule has 1 saturated heterocycles. The Bertz CT molecular complexity index is 435. The van der Waals surface area contributed by atoms with E-state index in [-0.39, 0.29) is 5.60 Å². The van der Waals surface area contributed by atoms with Gasteiger partial charge in [0.25, 0.3) is 0 Å². The summed E-state index contributed by atoms with van der Waals surface area (Å²) in [5, 5.41) is 3.82. The Labute approximate surface area is 122 Å². The summed E-state index contributed by atoms with van der Waals surface area (Å²) >= 11 is 0. The van der Waals surface area contributed by atoms with E-state index in [0.717, 1.165) is 19.4 Å². The quantitative estimate of drug-likeness (QED) is 0.895.